The van der Waals surface area contributed by atoms with E-state index in [2.05, 4.69) is 85.5 Å². The number of thiol groups is 1. The van der Waals surface area contributed by atoms with Crippen molar-refractivity contribution in [3.05, 3.63) is 48.0 Å². The molecule has 1 saturated heterocycles. The Balaban J connectivity index is 1.67. The Bertz CT molecular complexity index is 598. The van der Waals surface area contributed by atoms with E-state index < -0.39 is 0 Å². The Morgan fingerprint density at radius 2 is 2.05 bits per heavy atom. The van der Waals surface area contributed by atoms with E-state index in [0.29, 0.717) is 4.58 Å². The second kappa shape index (κ2) is 7.58. The van der Waals surface area contributed by atoms with Crippen LogP contribution in [0.2, 0.25) is 0 Å². The first-order valence-corrected chi connectivity index (χ1v) is 10.9. The molecule has 21 heavy (non-hydrogen) atoms. The Labute approximate surface area is 145 Å². The topological polar surface area (TPSA) is 0 Å². The molecule has 0 bridgehead atoms. The van der Waals surface area contributed by atoms with Gasteiger partial charge in [0.2, 0.25) is 0 Å². The molecule has 0 N–H and O–H groups in total. The predicted molar refractivity (Wildman–Crippen MR) is 106 cm³/mol. The largest absolute Gasteiger partial charge is 0.168 e. The lowest BCUT2D eigenvalue weighted by molar-refractivity contribution is 0.815. The lowest BCUT2D eigenvalue weighted by Crippen LogP contribution is -2.09. The van der Waals surface area contributed by atoms with Crippen molar-refractivity contribution in [2.24, 2.45) is 0 Å². The minimum atomic E-state index is 0.604. The summed E-state index contributed by atoms with van der Waals surface area (Å²) in [5.74, 6) is 1.28. The summed E-state index contributed by atoms with van der Waals surface area (Å²) in [4.78, 5) is 0. The van der Waals surface area contributed by atoms with Crippen LogP contribution in [0.5, 0.6) is 0 Å². The molecule has 3 rings (SSSR count). The summed E-state index contributed by atoms with van der Waals surface area (Å²) in [6.07, 6.45) is 1.30. The molecule has 112 valence electrons. The van der Waals surface area contributed by atoms with Gasteiger partial charge in [-0.05, 0) is 28.8 Å². The van der Waals surface area contributed by atoms with E-state index in [-0.39, 0.29) is 0 Å². The molecule has 1 heterocycles. The van der Waals surface area contributed by atoms with Crippen LogP contribution in [0.25, 0.3) is 10.8 Å². The molecule has 2 aromatic carbocycles. The summed E-state index contributed by atoms with van der Waals surface area (Å²) in [6, 6.07) is 15.6. The molecule has 2 aromatic rings. The number of benzene rings is 2. The molecule has 1 aliphatic rings. The zero-order chi connectivity index (χ0) is 14.7. The third kappa shape index (κ3) is 4.10. The monoisotopic (exact) mass is 352 g/mol. The SMILES string of the molecule is CC(CC1CSC(c2ccc3ccccc3c2)S1)SCS. The van der Waals surface area contributed by atoms with Crippen molar-refractivity contribution in [2.45, 2.75) is 28.4 Å². The third-order valence-electron chi connectivity index (χ3n) is 3.75. The highest BCUT2D eigenvalue weighted by molar-refractivity contribution is 8.19. The van der Waals surface area contributed by atoms with Crippen molar-refractivity contribution in [2.75, 3.05) is 10.8 Å². The van der Waals surface area contributed by atoms with Gasteiger partial charge in [0.25, 0.3) is 0 Å². The molecule has 0 spiro atoms. The van der Waals surface area contributed by atoms with Gasteiger partial charge in [0, 0.05) is 21.3 Å². The van der Waals surface area contributed by atoms with Gasteiger partial charge in [-0.1, -0.05) is 43.3 Å². The first-order chi connectivity index (χ1) is 10.3. The van der Waals surface area contributed by atoms with E-state index in [1.807, 2.05) is 11.8 Å². The summed E-state index contributed by atoms with van der Waals surface area (Å²) in [5.41, 5.74) is 1.47. The fraction of sp³-hybridized carbons (Fsp3) is 0.412. The van der Waals surface area contributed by atoms with E-state index in [0.717, 1.165) is 15.6 Å². The number of thioether (sulfide) groups is 3. The standard InChI is InChI=1S/C17H20S4/c1-12(20-11-18)8-16-10-19-17(21-16)15-7-6-13-4-2-3-5-14(13)9-15/h2-7,9,12,16-18H,8,10-11H2,1H3. The normalized spacial score (nSPS) is 23.5. The second-order valence-corrected chi connectivity index (χ2v) is 10.4. The van der Waals surface area contributed by atoms with E-state index in [4.69, 9.17) is 0 Å². The van der Waals surface area contributed by atoms with Crippen molar-refractivity contribution in [3.8, 4) is 0 Å². The molecule has 0 nitrogen and oxygen atoms in total. The maximum atomic E-state index is 4.32. The van der Waals surface area contributed by atoms with Crippen LogP contribution in [0.15, 0.2) is 42.5 Å². The zero-order valence-corrected chi connectivity index (χ0v) is 15.4. The molecule has 0 aliphatic carbocycles. The van der Waals surface area contributed by atoms with Gasteiger partial charge in [-0.25, -0.2) is 0 Å². The molecule has 1 fully saturated rings. The average Bonchev–Trinajstić information content (AvgIpc) is 2.95. The third-order valence-corrected chi connectivity index (χ3v) is 8.49. The average molecular weight is 353 g/mol. The summed E-state index contributed by atoms with van der Waals surface area (Å²) in [5, 5.41) is 5.13. The molecule has 0 radical (unpaired) electrons. The van der Waals surface area contributed by atoms with Crippen LogP contribution < -0.4 is 0 Å². The Hall–Kier alpha value is 0.1000. The maximum Gasteiger partial charge on any atom is 0.0755 e. The van der Waals surface area contributed by atoms with Gasteiger partial charge in [-0.3, -0.25) is 0 Å². The first-order valence-electron chi connectivity index (χ1n) is 7.24. The smallest absolute Gasteiger partial charge is 0.0755 e. The highest BCUT2D eigenvalue weighted by Gasteiger charge is 2.28. The van der Waals surface area contributed by atoms with Crippen LogP contribution in [0.1, 0.15) is 23.5 Å². The van der Waals surface area contributed by atoms with Crippen LogP contribution in [0, 0.1) is 0 Å². The maximum absolute atomic E-state index is 4.32. The van der Waals surface area contributed by atoms with Crippen molar-refractivity contribution in [3.63, 3.8) is 0 Å². The molecule has 1 aliphatic heterocycles. The summed E-state index contributed by atoms with van der Waals surface area (Å²) in [6.45, 7) is 2.33. The number of fused-ring (bicyclic) bond motifs is 1. The molecule has 4 heteroatoms. The van der Waals surface area contributed by atoms with E-state index in [1.165, 1.54) is 28.5 Å². The highest BCUT2D eigenvalue weighted by atomic mass is 32.2. The van der Waals surface area contributed by atoms with E-state index in [1.54, 1.807) is 0 Å². The molecule has 0 saturated carbocycles. The van der Waals surface area contributed by atoms with Gasteiger partial charge in [0.05, 0.1) is 4.58 Å². The molecule has 0 amide bonds. The Kier molecular flexibility index (Phi) is 5.77. The lowest BCUT2D eigenvalue weighted by Gasteiger charge is -2.15. The van der Waals surface area contributed by atoms with Gasteiger partial charge < -0.3 is 0 Å². The van der Waals surface area contributed by atoms with Crippen molar-refractivity contribution in [1.29, 1.82) is 0 Å². The summed E-state index contributed by atoms with van der Waals surface area (Å²) in [7, 11) is 0. The molecule has 3 unspecified atom stereocenters. The number of hydrogen-bond donors (Lipinski definition) is 1. The fourth-order valence-electron chi connectivity index (χ4n) is 2.67. The summed E-state index contributed by atoms with van der Waals surface area (Å²) < 4.78 is 0.604. The lowest BCUT2D eigenvalue weighted by atomic mass is 10.1. The minimum Gasteiger partial charge on any atom is -0.168 e. The Morgan fingerprint density at radius 1 is 1.24 bits per heavy atom. The predicted octanol–water partition coefficient (Wildman–Crippen LogP) is 6.09. The highest BCUT2D eigenvalue weighted by Crippen LogP contribution is 2.51. The van der Waals surface area contributed by atoms with Gasteiger partial charge >= 0.3 is 0 Å². The van der Waals surface area contributed by atoms with Gasteiger partial charge in [-0.2, -0.15) is 12.6 Å². The minimum absolute atomic E-state index is 0.604. The molecular weight excluding hydrogens is 332 g/mol. The number of rotatable bonds is 5. The van der Waals surface area contributed by atoms with Gasteiger partial charge in [-0.15, -0.1) is 35.3 Å². The van der Waals surface area contributed by atoms with Crippen LogP contribution in [0.3, 0.4) is 0 Å². The first kappa shape index (κ1) is 16.0. The van der Waals surface area contributed by atoms with Crippen LogP contribution in [-0.2, 0) is 0 Å². The Morgan fingerprint density at radius 3 is 2.86 bits per heavy atom. The van der Waals surface area contributed by atoms with Crippen LogP contribution in [-0.4, -0.2) is 21.3 Å². The second-order valence-electron chi connectivity index (χ2n) is 5.37. The van der Waals surface area contributed by atoms with E-state index in [9.17, 15) is 0 Å². The van der Waals surface area contributed by atoms with Crippen molar-refractivity contribution >= 4 is 58.7 Å². The van der Waals surface area contributed by atoms with Crippen LogP contribution >= 0.6 is 47.9 Å². The van der Waals surface area contributed by atoms with Crippen LogP contribution in [0.4, 0.5) is 0 Å². The van der Waals surface area contributed by atoms with E-state index >= 15 is 0 Å². The quantitative estimate of drug-likeness (QED) is 0.511. The van der Waals surface area contributed by atoms with Gasteiger partial charge in [0.15, 0.2) is 0 Å². The van der Waals surface area contributed by atoms with Gasteiger partial charge in [0.1, 0.15) is 0 Å². The number of hydrogen-bond acceptors (Lipinski definition) is 4. The van der Waals surface area contributed by atoms with Crippen molar-refractivity contribution in [1.82, 2.24) is 0 Å². The molecular formula is C17H20S4. The molecule has 0 aromatic heterocycles. The zero-order valence-electron chi connectivity index (χ0n) is 12.1. The molecule has 3 atom stereocenters. The van der Waals surface area contributed by atoms with Crippen molar-refractivity contribution < 1.29 is 0 Å². The summed E-state index contributed by atoms with van der Waals surface area (Å²) >= 11 is 10.5. The fourth-order valence-corrected chi connectivity index (χ4v) is 7.66.